The number of amidine groups is 1. The Morgan fingerprint density at radius 3 is 2.50 bits per heavy atom. The van der Waals surface area contributed by atoms with E-state index in [1.54, 1.807) is 18.2 Å². The first kappa shape index (κ1) is 11.8. The average molecular weight is 270 g/mol. The van der Waals surface area contributed by atoms with Crippen molar-refractivity contribution in [2.45, 2.75) is 0 Å². The molecule has 1 aromatic rings. The van der Waals surface area contributed by atoms with Gasteiger partial charge in [-0.05, 0) is 18.2 Å². The smallest absolute Gasteiger partial charge is 0.124 e. The highest BCUT2D eigenvalue weighted by atomic mass is 79.9. The fraction of sp³-hybridized carbons (Fsp3) is 0. The molecule has 0 aliphatic rings. The molecule has 0 aliphatic heterocycles. The SMILES string of the molecule is Cl.N=C(N)c1ccc(Br)cc1Cl. The fourth-order valence-corrected chi connectivity index (χ4v) is 1.48. The minimum Gasteiger partial charge on any atom is -0.384 e. The van der Waals surface area contributed by atoms with Crippen LogP contribution in [0.1, 0.15) is 5.56 Å². The number of halogens is 3. The zero-order chi connectivity index (χ0) is 8.43. The van der Waals surface area contributed by atoms with E-state index in [2.05, 4.69) is 15.9 Å². The van der Waals surface area contributed by atoms with Gasteiger partial charge in [0.25, 0.3) is 0 Å². The normalized spacial score (nSPS) is 8.83. The lowest BCUT2D eigenvalue weighted by molar-refractivity contribution is 1.42. The molecule has 0 bridgehead atoms. The van der Waals surface area contributed by atoms with E-state index in [-0.39, 0.29) is 18.2 Å². The molecule has 0 fully saturated rings. The van der Waals surface area contributed by atoms with Crippen molar-refractivity contribution in [2.75, 3.05) is 0 Å². The minimum atomic E-state index is -0.0116. The number of hydrogen-bond acceptors (Lipinski definition) is 1. The van der Waals surface area contributed by atoms with Gasteiger partial charge < -0.3 is 5.73 Å². The molecule has 0 atom stereocenters. The number of benzene rings is 1. The lowest BCUT2D eigenvalue weighted by atomic mass is 10.2. The van der Waals surface area contributed by atoms with Crippen LogP contribution in [-0.4, -0.2) is 5.84 Å². The summed E-state index contributed by atoms with van der Waals surface area (Å²) >= 11 is 9.02. The Morgan fingerprint density at radius 1 is 1.50 bits per heavy atom. The van der Waals surface area contributed by atoms with E-state index < -0.39 is 0 Å². The van der Waals surface area contributed by atoms with Crippen molar-refractivity contribution in [1.29, 1.82) is 5.41 Å². The lowest BCUT2D eigenvalue weighted by Crippen LogP contribution is -2.11. The van der Waals surface area contributed by atoms with Crippen molar-refractivity contribution in [2.24, 2.45) is 5.73 Å². The molecule has 0 heterocycles. The van der Waals surface area contributed by atoms with Crippen LogP contribution < -0.4 is 5.73 Å². The topological polar surface area (TPSA) is 49.9 Å². The van der Waals surface area contributed by atoms with Crippen LogP contribution in [0.15, 0.2) is 22.7 Å². The third-order valence-corrected chi connectivity index (χ3v) is 2.03. The van der Waals surface area contributed by atoms with Gasteiger partial charge in [0, 0.05) is 10.0 Å². The maximum Gasteiger partial charge on any atom is 0.124 e. The van der Waals surface area contributed by atoms with Gasteiger partial charge in [-0.2, -0.15) is 0 Å². The van der Waals surface area contributed by atoms with Crippen LogP contribution in [0.2, 0.25) is 5.02 Å². The van der Waals surface area contributed by atoms with E-state index in [0.29, 0.717) is 10.6 Å². The van der Waals surface area contributed by atoms with E-state index in [4.69, 9.17) is 22.7 Å². The highest BCUT2D eigenvalue weighted by Gasteiger charge is 2.02. The van der Waals surface area contributed by atoms with Gasteiger partial charge in [0.15, 0.2) is 0 Å². The third kappa shape index (κ3) is 2.66. The highest BCUT2D eigenvalue weighted by Crippen LogP contribution is 2.20. The lowest BCUT2D eigenvalue weighted by Gasteiger charge is -2.00. The van der Waals surface area contributed by atoms with E-state index in [1.807, 2.05) is 0 Å². The van der Waals surface area contributed by atoms with Crippen LogP contribution in [0, 0.1) is 5.41 Å². The van der Waals surface area contributed by atoms with Crippen LogP contribution in [-0.2, 0) is 0 Å². The first-order valence-corrected chi connectivity index (χ1v) is 4.08. The van der Waals surface area contributed by atoms with Gasteiger partial charge >= 0.3 is 0 Å². The first-order chi connectivity index (χ1) is 5.11. The molecule has 0 saturated heterocycles. The third-order valence-electron chi connectivity index (χ3n) is 1.22. The molecule has 66 valence electrons. The Balaban J connectivity index is 0.00000121. The van der Waals surface area contributed by atoms with Crippen LogP contribution in [0.25, 0.3) is 0 Å². The van der Waals surface area contributed by atoms with Gasteiger partial charge in [0.1, 0.15) is 5.84 Å². The van der Waals surface area contributed by atoms with E-state index in [9.17, 15) is 0 Å². The molecule has 0 spiro atoms. The minimum absolute atomic E-state index is 0. The molecule has 0 saturated carbocycles. The van der Waals surface area contributed by atoms with Crippen LogP contribution >= 0.6 is 39.9 Å². The summed E-state index contributed by atoms with van der Waals surface area (Å²) in [6.07, 6.45) is 0. The average Bonchev–Trinajstić information content (AvgIpc) is 1.85. The van der Waals surface area contributed by atoms with Gasteiger partial charge in [0.2, 0.25) is 0 Å². The Bertz CT molecular complexity index is 301. The zero-order valence-corrected chi connectivity index (χ0v) is 9.13. The van der Waals surface area contributed by atoms with Crippen LogP contribution in [0.4, 0.5) is 0 Å². The predicted octanol–water partition coefficient (Wildman–Crippen LogP) is 2.81. The summed E-state index contributed by atoms with van der Waals surface area (Å²) in [5.74, 6) is -0.0116. The van der Waals surface area contributed by atoms with Crippen LogP contribution in [0.3, 0.4) is 0 Å². The summed E-state index contributed by atoms with van der Waals surface area (Å²) in [6, 6.07) is 5.20. The van der Waals surface area contributed by atoms with Crippen molar-refractivity contribution >= 4 is 45.8 Å². The van der Waals surface area contributed by atoms with Crippen molar-refractivity contribution in [1.82, 2.24) is 0 Å². The summed E-state index contributed by atoms with van der Waals surface area (Å²) in [5, 5.41) is 7.62. The maximum absolute atomic E-state index is 7.12. The van der Waals surface area contributed by atoms with Crippen LogP contribution in [0.5, 0.6) is 0 Å². The number of hydrogen-bond donors (Lipinski definition) is 2. The first-order valence-electron chi connectivity index (χ1n) is 2.90. The van der Waals surface area contributed by atoms with Crippen molar-refractivity contribution in [3.8, 4) is 0 Å². The van der Waals surface area contributed by atoms with E-state index in [0.717, 1.165) is 4.47 Å². The number of nitrogens with one attached hydrogen (secondary N) is 1. The molecule has 0 aromatic heterocycles. The second-order valence-electron chi connectivity index (χ2n) is 2.04. The summed E-state index contributed by atoms with van der Waals surface area (Å²) in [6.45, 7) is 0. The standard InChI is InChI=1S/C7H6BrClN2.ClH/c8-4-1-2-5(7(10)11)6(9)3-4;/h1-3H,(H3,10,11);1H. The maximum atomic E-state index is 7.12. The van der Waals surface area contributed by atoms with Gasteiger partial charge in [-0.1, -0.05) is 27.5 Å². The fourth-order valence-electron chi connectivity index (χ4n) is 0.708. The molecule has 0 aliphatic carbocycles. The molecular formula is C7H7BrCl2N2. The molecule has 5 heteroatoms. The Labute approximate surface area is 90.1 Å². The quantitative estimate of drug-likeness (QED) is 0.598. The zero-order valence-electron chi connectivity index (χ0n) is 5.97. The number of nitrogens with two attached hydrogens (primary N) is 1. The Kier molecular flexibility index (Phi) is 4.60. The second-order valence-corrected chi connectivity index (χ2v) is 3.36. The molecular weight excluding hydrogens is 263 g/mol. The summed E-state index contributed by atoms with van der Waals surface area (Å²) in [7, 11) is 0. The largest absolute Gasteiger partial charge is 0.384 e. The van der Waals surface area contributed by atoms with Gasteiger partial charge in [-0.3, -0.25) is 5.41 Å². The predicted molar refractivity (Wildman–Crippen MR) is 57.4 cm³/mol. The van der Waals surface area contributed by atoms with Gasteiger partial charge in [-0.25, -0.2) is 0 Å². The molecule has 3 N–H and O–H groups in total. The van der Waals surface area contributed by atoms with Crippen molar-refractivity contribution in [3.05, 3.63) is 33.3 Å². The highest BCUT2D eigenvalue weighted by molar-refractivity contribution is 9.10. The molecule has 0 amide bonds. The molecule has 0 unspecified atom stereocenters. The molecule has 1 rings (SSSR count). The summed E-state index contributed by atoms with van der Waals surface area (Å²) in [4.78, 5) is 0. The number of nitrogen functional groups attached to an aromatic ring is 1. The molecule has 2 nitrogen and oxygen atoms in total. The number of rotatable bonds is 1. The Hall–Kier alpha value is -0.250. The second kappa shape index (κ2) is 4.70. The summed E-state index contributed by atoms with van der Waals surface area (Å²) in [5.41, 5.74) is 5.81. The summed E-state index contributed by atoms with van der Waals surface area (Å²) < 4.78 is 0.882. The molecule has 0 radical (unpaired) electrons. The van der Waals surface area contributed by atoms with Gasteiger partial charge in [-0.15, -0.1) is 12.4 Å². The molecule has 12 heavy (non-hydrogen) atoms. The van der Waals surface area contributed by atoms with Crippen molar-refractivity contribution < 1.29 is 0 Å². The Morgan fingerprint density at radius 2 is 2.08 bits per heavy atom. The van der Waals surface area contributed by atoms with E-state index in [1.165, 1.54) is 0 Å². The van der Waals surface area contributed by atoms with E-state index >= 15 is 0 Å². The van der Waals surface area contributed by atoms with Crippen molar-refractivity contribution in [3.63, 3.8) is 0 Å². The molecule has 1 aromatic carbocycles. The monoisotopic (exact) mass is 268 g/mol. The van der Waals surface area contributed by atoms with Gasteiger partial charge in [0.05, 0.1) is 5.02 Å².